The maximum Gasteiger partial charge on any atom is 0.404 e. The molecule has 1 aliphatic rings. The number of carbonyl (C=O) groups is 1. The molecular weight excluding hydrogens is 286 g/mol. The Morgan fingerprint density at radius 1 is 1.50 bits per heavy atom. The molecule has 1 atom stereocenters. The van der Waals surface area contributed by atoms with E-state index in [0.29, 0.717) is 18.3 Å². The number of anilines is 3. The smallest absolute Gasteiger partial charge is 0.404 e. The van der Waals surface area contributed by atoms with Crippen LogP contribution in [0, 0.1) is 6.92 Å². The molecule has 0 radical (unpaired) electrons. The fraction of sp³-hybridized carbons (Fsp3) is 0.385. The minimum absolute atomic E-state index is 0.0920. The van der Waals surface area contributed by atoms with Gasteiger partial charge in [0, 0.05) is 30.9 Å². The molecule has 1 aliphatic heterocycles. The molecule has 0 aromatic carbocycles. The highest BCUT2D eigenvalue weighted by atomic mass is 16.4. The van der Waals surface area contributed by atoms with Gasteiger partial charge in [-0.1, -0.05) is 0 Å². The fourth-order valence-corrected chi connectivity index (χ4v) is 2.46. The first-order valence-corrected chi connectivity index (χ1v) is 6.96. The molecule has 2 aromatic heterocycles. The van der Waals surface area contributed by atoms with Crippen molar-refractivity contribution in [1.29, 1.82) is 0 Å². The van der Waals surface area contributed by atoms with E-state index in [2.05, 4.69) is 30.8 Å². The number of nitrogens with zero attached hydrogens (tertiary/aromatic N) is 4. The first-order chi connectivity index (χ1) is 10.6. The summed E-state index contributed by atoms with van der Waals surface area (Å²) >= 11 is 0. The van der Waals surface area contributed by atoms with Gasteiger partial charge in [-0.25, -0.2) is 9.78 Å². The third-order valence-corrected chi connectivity index (χ3v) is 3.40. The number of aromatic amines is 1. The van der Waals surface area contributed by atoms with Gasteiger partial charge in [0.15, 0.2) is 0 Å². The van der Waals surface area contributed by atoms with Gasteiger partial charge in [-0.2, -0.15) is 10.1 Å². The van der Waals surface area contributed by atoms with E-state index in [-0.39, 0.29) is 6.04 Å². The summed E-state index contributed by atoms with van der Waals surface area (Å²) in [4.78, 5) is 21.6. The van der Waals surface area contributed by atoms with Crippen molar-refractivity contribution in [1.82, 2.24) is 25.5 Å². The average Bonchev–Trinajstić information content (AvgIpc) is 3.09. The van der Waals surface area contributed by atoms with Gasteiger partial charge in [0.1, 0.15) is 11.6 Å². The number of aryl methyl sites for hydroxylation is 1. The van der Waals surface area contributed by atoms with Crippen LogP contribution >= 0.6 is 0 Å². The molecule has 9 nitrogen and oxygen atoms in total. The maximum absolute atomic E-state index is 10.7. The molecular formula is C13H17N7O2. The largest absolute Gasteiger partial charge is 0.465 e. The Morgan fingerprint density at radius 3 is 3.09 bits per heavy atom. The Hall–Kier alpha value is -2.84. The van der Waals surface area contributed by atoms with Crippen LogP contribution in [0.2, 0.25) is 0 Å². The van der Waals surface area contributed by atoms with Crippen molar-refractivity contribution in [2.45, 2.75) is 19.4 Å². The quantitative estimate of drug-likeness (QED) is 0.667. The van der Waals surface area contributed by atoms with Crippen LogP contribution in [0.15, 0.2) is 18.3 Å². The lowest BCUT2D eigenvalue weighted by atomic mass is 10.3. The predicted molar refractivity (Wildman–Crippen MR) is 80.4 cm³/mol. The van der Waals surface area contributed by atoms with Crippen molar-refractivity contribution in [2.75, 3.05) is 23.3 Å². The highest BCUT2D eigenvalue weighted by Crippen LogP contribution is 2.20. The second-order valence-electron chi connectivity index (χ2n) is 5.17. The Bertz CT molecular complexity index is 658. The van der Waals surface area contributed by atoms with Gasteiger partial charge >= 0.3 is 6.09 Å². The molecule has 3 heterocycles. The van der Waals surface area contributed by atoms with Crippen LogP contribution in [0.5, 0.6) is 0 Å². The summed E-state index contributed by atoms with van der Waals surface area (Å²) in [5, 5.41) is 21.1. The second kappa shape index (κ2) is 5.88. The Balaban J connectivity index is 1.74. The van der Waals surface area contributed by atoms with Crippen molar-refractivity contribution < 1.29 is 9.90 Å². The summed E-state index contributed by atoms with van der Waals surface area (Å²) in [6, 6.07) is 3.55. The molecule has 1 amide bonds. The second-order valence-corrected chi connectivity index (χ2v) is 5.17. The molecule has 2 aromatic rings. The Labute approximate surface area is 126 Å². The molecule has 0 unspecified atom stereocenters. The summed E-state index contributed by atoms with van der Waals surface area (Å²) < 4.78 is 0. The number of aromatic nitrogens is 4. The molecule has 4 N–H and O–H groups in total. The van der Waals surface area contributed by atoms with E-state index in [1.807, 2.05) is 17.9 Å². The van der Waals surface area contributed by atoms with Crippen molar-refractivity contribution in [3.63, 3.8) is 0 Å². The summed E-state index contributed by atoms with van der Waals surface area (Å²) in [5.74, 6) is 2.01. The predicted octanol–water partition coefficient (Wildman–Crippen LogP) is 1.10. The lowest BCUT2D eigenvalue weighted by Crippen LogP contribution is -2.36. The van der Waals surface area contributed by atoms with Crippen molar-refractivity contribution in [3.8, 4) is 0 Å². The van der Waals surface area contributed by atoms with Gasteiger partial charge in [0.25, 0.3) is 0 Å². The van der Waals surface area contributed by atoms with E-state index >= 15 is 0 Å². The molecule has 1 saturated heterocycles. The van der Waals surface area contributed by atoms with E-state index in [9.17, 15) is 4.79 Å². The summed E-state index contributed by atoms with van der Waals surface area (Å²) in [5.41, 5.74) is 0.835. The molecule has 3 rings (SSSR count). The Kier molecular flexibility index (Phi) is 3.77. The minimum atomic E-state index is -1.00. The zero-order valence-corrected chi connectivity index (χ0v) is 12.1. The van der Waals surface area contributed by atoms with E-state index in [1.165, 1.54) is 0 Å². The van der Waals surface area contributed by atoms with Gasteiger partial charge in [0.05, 0.1) is 12.2 Å². The number of rotatable bonds is 4. The van der Waals surface area contributed by atoms with Crippen molar-refractivity contribution in [2.24, 2.45) is 0 Å². The summed E-state index contributed by atoms with van der Waals surface area (Å²) in [6.07, 6.45) is 1.39. The van der Waals surface area contributed by atoms with E-state index in [4.69, 9.17) is 5.11 Å². The van der Waals surface area contributed by atoms with Gasteiger partial charge in [-0.15, -0.1) is 0 Å². The highest BCUT2D eigenvalue weighted by molar-refractivity contribution is 5.65. The van der Waals surface area contributed by atoms with Gasteiger partial charge in [-0.05, 0) is 13.3 Å². The monoisotopic (exact) mass is 303 g/mol. The third-order valence-electron chi connectivity index (χ3n) is 3.40. The zero-order valence-electron chi connectivity index (χ0n) is 12.1. The number of amides is 1. The number of nitrogens with one attached hydrogen (secondary N) is 3. The number of hydrogen-bond donors (Lipinski definition) is 4. The van der Waals surface area contributed by atoms with E-state index in [0.717, 1.165) is 24.5 Å². The first kappa shape index (κ1) is 14.1. The van der Waals surface area contributed by atoms with Crippen molar-refractivity contribution >= 4 is 23.7 Å². The summed E-state index contributed by atoms with van der Waals surface area (Å²) in [6.45, 7) is 3.18. The Morgan fingerprint density at radius 2 is 2.36 bits per heavy atom. The molecule has 0 bridgehead atoms. The van der Waals surface area contributed by atoms with Crippen LogP contribution in [0.4, 0.5) is 22.4 Å². The summed E-state index contributed by atoms with van der Waals surface area (Å²) in [7, 11) is 0. The molecule has 0 spiro atoms. The lowest BCUT2D eigenvalue weighted by molar-refractivity contribution is 0.191. The van der Waals surface area contributed by atoms with Gasteiger partial charge in [-0.3, -0.25) is 5.10 Å². The fourth-order valence-electron chi connectivity index (χ4n) is 2.46. The molecule has 1 fully saturated rings. The number of H-pyrrole nitrogens is 1. The van der Waals surface area contributed by atoms with Crippen LogP contribution in [0.25, 0.3) is 0 Å². The average molecular weight is 303 g/mol. The van der Waals surface area contributed by atoms with E-state index < -0.39 is 6.09 Å². The standard InChI is InChI=1S/C13H17N7O2/c1-8-6-11(17-10-2-4-14-19-10)18-12(15-8)20-5-3-9(7-20)16-13(21)22/h2,4,6,9,16H,3,5,7H2,1H3,(H,21,22)(H2,14,15,17,18,19)/t9-/m0/s1. The SMILES string of the molecule is Cc1cc(Nc2ccn[nH]2)nc(N2CC[C@H](NC(=O)O)C2)n1. The van der Waals surface area contributed by atoms with Crippen LogP contribution in [-0.2, 0) is 0 Å². The first-order valence-electron chi connectivity index (χ1n) is 6.96. The van der Waals surface area contributed by atoms with Gasteiger partial charge in [0.2, 0.25) is 5.95 Å². The molecule has 116 valence electrons. The topological polar surface area (TPSA) is 119 Å². The normalized spacial score (nSPS) is 17.5. The molecule has 22 heavy (non-hydrogen) atoms. The molecule has 0 aliphatic carbocycles. The minimum Gasteiger partial charge on any atom is -0.465 e. The lowest BCUT2D eigenvalue weighted by Gasteiger charge is -2.17. The molecule has 9 heteroatoms. The van der Waals surface area contributed by atoms with E-state index in [1.54, 1.807) is 12.3 Å². The number of carboxylic acid groups (broad SMARTS) is 1. The van der Waals surface area contributed by atoms with Crippen LogP contribution in [-0.4, -0.2) is 50.5 Å². The van der Waals surface area contributed by atoms with Crippen LogP contribution in [0.1, 0.15) is 12.1 Å². The highest BCUT2D eigenvalue weighted by Gasteiger charge is 2.25. The number of hydrogen-bond acceptors (Lipinski definition) is 6. The zero-order chi connectivity index (χ0) is 15.5. The van der Waals surface area contributed by atoms with Crippen LogP contribution < -0.4 is 15.5 Å². The van der Waals surface area contributed by atoms with Gasteiger partial charge < -0.3 is 20.6 Å². The maximum atomic E-state index is 10.7. The van der Waals surface area contributed by atoms with Crippen molar-refractivity contribution in [3.05, 3.63) is 24.0 Å². The van der Waals surface area contributed by atoms with Crippen LogP contribution in [0.3, 0.4) is 0 Å². The molecule has 0 saturated carbocycles. The third kappa shape index (κ3) is 3.25.